The molecule has 6 heteroatoms. The molecule has 0 radical (unpaired) electrons. The standard InChI is InChI=1S/C18H20N2O3S/c21-18(16-4-3-9-24-16)20-7-8-22-15-11-13(10-14(15)20)12-23-17-5-1-2-6-19-17/h1-6,9,13-15H,7-8,10-12H2/t13-,14+,15-/m1/s1. The van der Waals surface area contributed by atoms with Gasteiger partial charge >= 0.3 is 0 Å². The van der Waals surface area contributed by atoms with Crippen molar-refractivity contribution < 1.29 is 14.3 Å². The average molecular weight is 344 g/mol. The van der Waals surface area contributed by atoms with E-state index in [0.29, 0.717) is 31.6 Å². The van der Waals surface area contributed by atoms with Crippen molar-refractivity contribution in [2.75, 3.05) is 19.8 Å². The highest BCUT2D eigenvalue weighted by atomic mass is 32.1. The Balaban J connectivity index is 1.40. The molecule has 4 rings (SSSR count). The Morgan fingerprint density at radius 3 is 3.08 bits per heavy atom. The third kappa shape index (κ3) is 3.16. The van der Waals surface area contributed by atoms with Crippen molar-refractivity contribution in [1.29, 1.82) is 0 Å². The summed E-state index contributed by atoms with van der Waals surface area (Å²) in [6.45, 7) is 1.91. The molecule has 24 heavy (non-hydrogen) atoms. The molecular formula is C18H20N2O3S. The zero-order chi connectivity index (χ0) is 16.4. The van der Waals surface area contributed by atoms with Gasteiger partial charge in [0.25, 0.3) is 5.91 Å². The van der Waals surface area contributed by atoms with Crippen LogP contribution in [0.4, 0.5) is 0 Å². The van der Waals surface area contributed by atoms with Crippen LogP contribution >= 0.6 is 11.3 Å². The predicted octanol–water partition coefficient (Wildman–Crippen LogP) is 2.84. The minimum absolute atomic E-state index is 0.125. The van der Waals surface area contributed by atoms with Gasteiger partial charge in [0.2, 0.25) is 5.88 Å². The van der Waals surface area contributed by atoms with Gasteiger partial charge in [-0.2, -0.15) is 0 Å². The number of thiophene rings is 1. The van der Waals surface area contributed by atoms with Gasteiger partial charge in [-0.1, -0.05) is 12.1 Å². The molecule has 2 aromatic rings. The van der Waals surface area contributed by atoms with Crippen molar-refractivity contribution in [1.82, 2.24) is 9.88 Å². The second-order valence-corrected chi connectivity index (χ2v) is 7.22. The molecule has 2 aromatic heterocycles. The molecule has 0 aromatic carbocycles. The van der Waals surface area contributed by atoms with Crippen LogP contribution in [0.3, 0.4) is 0 Å². The third-order valence-electron chi connectivity index (χ3n) is 4.73. The topological polar surface area (TPSA) is 51.7 Å². The van der Waals surface area contributed by atoms with Gasteiger partial charge in [0.05, 0.1) is 30.2 Å². The number of pyridine rings is 1. The fraction of sp³-hybridized carbons (Fsp3) is 0.444. The first kappa shape index (κ1) is 15.6. The van der Waals surface area contributed by atoms with Gasteiger partial charge in [-0.3, -0.25) is 4.79 Å². The van der Waals surface area contributed by atoms with Gasteiger partial charge in [0.15, 0.2) is 0 Å². The van der Waals surface area contributed by atoms with Crippen molar-refractivity contribution in [2.24, 2.45) is 5.92 Å². The SMILES string of the molecule is O=C(c1cccs1)N1CCO[C@@H]2C[C@H](COc3ccccn3)C[C@@H]21. The van der Waals surface area contributed by atoms with Crippen LogP contribution in [0.5, 0.6) is 5.88 Å². The lowest BCUT2D eigenvalue weighted by atomic mass is 10.1. The largest absolute Gasteiger partial charge is 0.477 e. The molecule has 3 atom stereocenters. The summed E-state index contributed by atoms with van der Waals surface area (Å²) in [5.41, 5.74) is 0. The number of carbonyl (C=O) groups is 1. The normalized spacial score (nSPS) is 26.2. The van der Waals surface area contributed by atoms with E-state index in [9.17, 15) is 4.79 Å². The fourth-order valence-electron chi connectivity index (χ4n) is 3.62. The van der Waals surface area contributed by atoms with Gasteiger partial charge in [-0.05, 0) is 36.3 Å². The molecule has 0 unspecified atom stereocenters. The molecule has 2 aliphatic rings. The van der Waals surface area contributed by atoms with Crippen LogP contribution < -0.4 is 4.74 Å². The third-order valence-corrected chi connectivity index (χ3v) is 5.59. The summed E-state index contributed by atoms with van der Waals surface area (Å²) < 4.78 is 11.7. The highest BCUT2D eigenvalue weighted by Crippen LogP contribution is 2.35. The van der Waals surface area contributed by atoms with E-state index < -0.39 is 0 Å². The van der Waals surface area contributed by atoms with Crippen molar-refractivity contribution in [3.8, 4) is 5.88 Å². The number of rotatable bonds is 4. The second kappa shape index (κ2) is 6.91. The van der Waals surface area contributed by atoms with Crippen LogP contribution in [-0.2, 0) is 4.74 Å². The Hall–Kier alpha value is -1.92. The summed E-state index contributed by atoms with van der Waals surface area (Å²) in [5, 5.41) is 1.95. The number of ether oxygens (including phenoxy) is 2. The summed E-state index contributed by atoms with van der Waals surface area (Å²) in [6.07, 6.45) is 3.72. The van der Waals surface area contributed by atoms with Crippen LogP contribution in [0.2, 0.25) is 0 Å². The predicted molar refractivity (Wildman–Crippen MR) is 91.3 cm³/mol. The van der Waals surface area contributed by atoms with Gasteiger partial charge in [0.1, 0.15) is 0 Å². The fourth-order valence-corrected chi connectivity index (χ4v) is 4.30. The minimum Gasteiger partial charge on any atom is -0.477 e. The Labute approximate surface area is 145 Å². The van der Waals surface area contributed by atoms with Crippen molar-refractivity contribution in [3.63, 3.8) is 0 Å². The quantitative estimate of drug-likeness (QED) is 0.856. The Kier molecular flexibility index (Phi) is 4.49. The van der Waals surface area contributed by atoms with E-state index in [1.807, 2.05) is 40.6 Å². The maximum absolute atomic E-state index is 12.7. The Bertz CT molecular complexity index is 677. The summed E-state index contributed by atoms with van der Waals surface area (Å²) in [7, 11) is 0. The number of hydrogen-bond donors (Lipinski definition) is 0. The summed E-state index contributed by atoms with van der Waals surface area (Å²) in [4.78, 5) is 19.7. The first-order valence-electron chi connectivity index (χ1n) is 8.31. The van der Waals surface area contributed by atoms with E-state index >= 15 is 0 Å². The minimum atomic E-state index is 0.125. The molecule has 1 saturated carbocycles. The highest BCUT2D eigenvalue weighted by molar-refractivity contribution is 7.12. The molecule has 1 aliphatic carbocycles. The van der Waals surface area contributed by atoms with Gasteiger partial charge < -0.3 is 14.4 Å². The zero-order valence-corrected chi connectivity index (χ0v) is 14.2. The highest BCUT2D eigenvalue weighted by Gasteiger charge is 2.43. The van der Waals surface area contributed by atoms with Crippen LogP contribution in [0.25, 0.3) is 0 Å². The van der Waals surface area contributed by atoms with Crippen LogP contribution in [-0.4, -0.2) is 47.7 Å². The van der Waals surface area contributed by atoms with Gasteiger partial charge in [0, 0.05) is 18.8 Å². The maximum atomic E-state index is 12.7. The summed E-state index contributed by atoms with van der Waals surface area (Å²) >= 11 is 1.50. The van der Waals surface area contributed by atoms with Crippen molar-refractivity contribution in [3.05, 3.63) is 46.8 Å². The van der Waals surface area contributed by atoms with Crippen LogP contribution in [0.15, 0.2) is 41.9 Å². The first-order chi connectivity index (χ1) is 11.8. The van der Waals surface area contributed by atoms with E-state index in [1.165, 1.54) is 11.3 Å². The molecule has 3 heterocycles. The second-order valence-electron chi connectivity index (χ2n) is 6.27. The molecule has 0 spiro atoms. The molecule has 0 N–H and O–H groups in total. The molecule has 5 nitrogen and oxygen atoms in total. The number of hydrogen-bond acceptors (Lipinski definition) is 5. The number of nitrogens with zero attached hydrogens (tertiary/aromatic N) is 2. The Morgan fingerprint density at radius 2 is 2.29 bits per heavy atom. The van der Waals surface area contributed by atoms with E-state index in [-0.39, 0.29) is 18.1 Å². The smallest absolute Gasteiger partial charge is 0.264 e. The van der Waals surface area contributed by atoms with E-state index in [2.05, 4.69) is 4.98 Å². The van der Waals surface area contributed by atoms with E-state index in [0.717, 1.165) is 17.7 Å². The monoisotopic (exact) mass is 344 g/mol. The first-order valence-corrected chi connectivity index (χ1v) is 9.19. The number of fused-ring (bicyclic) bond motifs is 1. The van der Waals surface area contributed by atoms with Crippen LogP contribution in [0, 0.1) is 5.92 Å². The van der Waals surface area contributed by atoms with Gasteiger partial charge in [-0.15, -0.1) is 11.3 Å². The van der Waals surface area contributed by atoms with E-state index in [4.69, 9.17) is 9.47 Å². The van der Waals surface area contributed by atoms with Crippen LogP contribution in [0.1, 0.15) is 22.5 Å². The Morgan fingerprint density at radius 1 is 1.33 bits per heavy atom. The number of morpholine rings is 1. The molecular weight excluding hydrogens is 324 g/mol. The average Bonchev–Trinajstić information content (AvgIpc) is 3.29. The molecule has 1 aliphatic heterocycles. The number of aromatic nitrogens is 1. The lowest BCUT2D eigenvalue weighted by molar-refractivity contribution is -0.0447. The van der Waals surface area contributed by atoms with Crippen molar-refractivity contribution in [2.45, 2.75) is 25.0 Å². The number of carbonyl (C=O) groups excluding carboxylic acids is 1. The molecule has 1 amide bonds. The lowest BCUT2D eigenvalue weighted by Crippen LogP contribution is -2.51. The molecule has 0 bridgehead atoms. The van der Waals surface area contributed by atoms with E-state index in [1.54, 1.807) is 6.20 Å². The summed E-state index contributed by atoms with van der Waals surface area (Å²) in [5.74, 6) is 1.17. The van der Waals surface area contributed by atoms with Gasteiger partial charge in [-0.25, -0.2) is 4.98 Å². The molecule has 2 fully saturated rings. The summed E-state index contributed by atoms with van der Waals surface area (Å²) in [6, 6.07) is 9.64. The maximum Gasteiger partial charge on any atom is 0.264 e. The number of amides is 1. The lowest BCUT2D eigenvalue weighted by Gasteiger charge is -2.37. The molecule has 1 saturated heterocycles. The zero-order valence-electron chi connectivity index (χ0n) is 13.3. The van der Waals surface area contributed by atoms with Crippen molar-refractivity contribution >= 4 is 17.2 Å². The molecule has 126 valence electrons.